The van der Waals surface area contributed by atoms with E-state index in [0.29, 0.717) is 6.04 Å². The molecule has 68 valence electrons. The maximum absolute atomic E-state index is 11.4. The monoisotopic (exact) mass is 169 g/mol. The van der Waals surface area contributed by atoms with Crippen LogP contribution in [0.5, 0.6) is 0 Å². The Morgan fingerprint density at radius 1 is 1.33 bits per heavy atom. The van der Waals surface area contributed by atoms with Crippen molar-refractivity contribution < 1.29 is 4.79 Å². The highest BCUT2D eigenvalue weighted by Crippen LogP contribution is 2.03. The van der Waals surface area contributed by atoms with Crippen molar-refractivity contribution in [2.75, 3.05) is 19.6 Å². The van der Waals surface area contributed by atoms with Crippen molar-refractivity contribution in [3.05, 3.63) is 0 Å². The number of carbonyl (C=O) groups excluding carboxylic acids is 1. The van der Waals surface area contributed by atoms with E-state index in [4.69, 9.17) is 0 Å². The van der Waals surface area contributed by atoms with Gasteiger partial charge in [0.05, 0.1) is 6.04 Å². The largest absolute Gasteiger partial charge is 0.351 e. The fourth-order valence-electron chi connectivity index (χ4n) is 1.59. The molecule has 1 amide bonds. The van der Waals surface area contributed by atoms with E-state index in [1.807, 2.05) is 0 Å². The van der Waals surface area contributed by atoms with Crippen molar-refractivity contribution in [2.45, 2.75) is 24.9 Å². The van der Waals surface area contributed by atoms with Gasteiger partial charge in [0.25, 0.3) is 0 Å². The number of carbonyl (C=O) groups is 1. The fraction of sp³-hybridized carbons (Fsp3) is 0.875. The van der Waals surface area contributed by atoms with Crippen LogP contribution in [0.3, 0.4) is 0 Å². The number of hydrogen-bond donors (Lipinski definition) is 3. The first kappa shape index (κ1) is 8.01. The zero-order chi connectivity index (χ0) is 8.39. The van der Waals surface area contributed by atoms with Gasteiger partial charge in [-0.2, -0.15) is 0 Å². The lowest BCUT2D eigenvalue weighted by Crippen LogP contribution is -2.55. The van der Waals surface area contributed by atoms with Crippen LogP contribution in [0.1, 0.15) is 12.8 Å². The van der Waals surface area contributed by atoms with Gasteiger partial charge in [0.15, 0.2) is 0 Å². The highest BCUT2D eigenvalue weighted by Gasteiger charge is 2.26. The lowest BCUT2D eigenvalue weighted by molar-refractivity contribution is -0.125. The molecule has 0 spiro atoms. The maximum Gasteiger partial charge on any atom is 0.237 e. The third-order valence-corrected chi connectivity index (χ3v) is 2.55. The van der Waals surface area contributed by atoms with Crippen molar-refractivity contribution in [1.82, 2.24) is 16.0 Å². The molecule has 1 unspecified atom stereocenters. The second-order valence-electron chi connectivity index (χ2n) is 3.49. The first-order valence-electron chi connectivity index (χ1n) is 4.61. The molecule has 0 aromatic rings. The summed E-state index contributed by atoms with van der Waals surface area (Å²) in [5, 5.41) is 9.32. The maximum atomic E-state index is 11.4. The Kier molecular flexibility index (Phi) is 2.28. The van der Waals surface area contributed by atoms with Crippen LogP contribution >= 0.6 is 0 Å². The lowest BCUT2D eigenvalue weighted by atomic mass is 10.1. The fourth-order valence-corrected chi connectivity index (χ4v) is 1.59. The summed E-state index contributed by atoms with van der Waals surface area (Å²) in [6.07, 6.45) is 2.06. The standard InChI is InChI=1S/C8H15N3O/c12-8(7-2-4-10-7)11-6-1-3-9-5-6/h6-7,9-10H,1-5H2,(H,11,12)/t6?,7-/m1/s1. The van der Waals surface area contributed by atoms with Gasteiger partial charge in [-0.25, -0.2) is 0 Å². The van der Waals surface area contributed by atoms with Gasteiger partial charge in [-0.3, -0.25) is 4.79 Å². The van der Waals surface area contributed by atoms with E-state index in [-0.39, 0.29) is 11.9 Å². The van der Waals surface area contributed by atoms with Gasteiger partial charge in [-0.15, -0.1) is 0 Å². The van der Waals surface area contributed by atoms with Gasteiger partial charge in [0.2, 0.25) is 5.91 Å². The smallest absolute Gasteiger partial charge is 0.237 e. The molecule has 2 fully saturated rings. The number of amides is 1. The van der Waals surface area contributed by atoms with Crippen LogP contribution in [0.25, 0.3) is 0 Å². The Bertz CT molecular complexity index is 173. The molecule has 4 heteroatoms. The Morgan fingerprint density at radius 3 is 2.67 bits per heavy atom. The molecule has 0 radical (unpaired) electrons. The number of hydrogen-bond acceptors (Lipinski definition) is 3. The third-order valence-electron chi connectivity index (χ3n) is 2.55. The van der Waals surface area contributed by atoms with E-state index < -0.39 is 0 Å². The van der Waals surface area contributed by atoms with Crippen LogP contribution in [-0.2, 0) is 4.79 Å². The van der Waals surface area contributed by atoms with Gasteiger partial charge in [0.1, 0.15) is 0 Å². The number of nitrogens with one attached hydrogen (secondary N) is 3. The minimum absolute atomic E-state index is 0.0885. The van der Waals surface area contributed by atoms with Crippen molar-refractivity contribution in [2.24, 2.45) is 0 Å². The minimum Gasteiger partial charge on any atom is -0.351 e. The minimum atomic E-state index is 0.0885. The van der Waals surface area contributed by atoms with Gasteiger partial charge in [0, 0.05) is 12.6 Å². The van der Waals surface area contributed by atoms with Crippen LogP contribution < -0.4 is 16.0 Å². The van der Waals surface area contributed by atoms with Gasteiger partial charge in [-0.05, 0) is 25.9 Å². The molecule has 12 heavy (non-hydrogen) atoms. The van der Waals surface area contributed by atoms with Gasteiger partial charge < -0.3 is 16.0 Å². The molecule has 0 aliphatic carbocycles. The Balaban J connectivity index is 1.73. The zero-order valence-electron chi connectivity index (χ0n) is 7.10. The van der Waals surface area contributed by atoms with Crippen LogP contribution in [0.15, 0.2) is 0 Å². The summed E-state index contributed by atoms with van der Waals surface area (Å²) in [6.45, 7) is 2.95. The average Bonchev–Trinajstić information content (AvgIpc) is 2.34. The van der Waals surface area contributed by atoms with Crippen LogP contribution in [0.2, 0.25) is 0 Å². The molecule has 0 bridgehead atoms. The molecule has 2 heterocycles. The summed E-state index contributed by atoms with van der Waals surface area (Å²) in [4.78, 5) is 11.4. The summed E-state index contributed by atoms with van der Waals surface area (Å²) >= 11 is 0. The molecule has 4 nitrogen and oxygen atoms in total. The molecule has 2 saturated heterocycles. The topological polar surface area (TPSA) is 53.2 Å². The van der Waals surface area contributed by atoms with Crippen LogP contribution in [0, 0.1) is 0 Å². The van der Waals surface area contributed by atoms with E-state index in [1.54, 1.807) is 0 Å². The summed E-state index contributed by atoms with van der Waals surface area (Å²) in [7, 11) is 0. The van der Waals surface area contributed by atoms with Crippen molar-refractivity contribution in [3.63, 3.8) is 0 Å². The van der Waals surface area contributed by atoms with Crippen molar-refractivity contribution >= 4 is 5.91 Å². The molecule has 2 aliphatic rings. The summed E-state index contributed by atoms with van der Waals surface area (Å²) in [5.41, 5.74) is 0. The number of rotatable bonds is 2. The second kappa shape index (κ2) is 3.41. The zero-order valence-corrected chi connectivity index (χ0v) is 7.10. The van der Waals surface area contributed by atoms with E-state index in [1.165, 1.54) is 0 Å². The van der Waals surface area contributed by atoms with E-state index >= 15 is 0 Å². The van der Waals surface area contributed by atoms with Crippen molar-refractivity contribution in [3.8, 4) is 0 Å². The Morgan fingerprint density at radius 2 is 2.17 bits per heavy atom. The molecule has 0 saturated carbocycles. The van der Waals surface area contributed by atoms with Gasteiger partial charge >= 0.3 is 0 Å². The second-order valence-corrected chi connectivity index (χ2v) is 3.49. The SMILES string of the molecule is O=C(NC1CCNC1)[C@H]1CCN1. The summed E-state index contributed by atoms with van der Waals surface area (Å²) in [5.74, 6) is 0.176. The summed E-state index contributed by atoms with van der Waals surface area (Å²) < 4.78 is 0. The highest BCUT2D eigenvalue weighted by atomic mass is 16.2. The Hall–Kier alpha value is -0.610. The normalized spacial score (nSPS) is 34.3. The molecule has 2 atom stereocenters. The summed E-state index contributed by atoms with van der Waals surface area (Å²) in [6, 6.07) is 0.450. The predicted octanol–water partition coefficient (Wildman–Crippen LogP) is -1.17. The van der Waals surface area contributed by atoms with Crippen molar-refractivity contribution in [1.29, 1.82) is 0 Å². The van der Waals surface area contributed by atoms with E-state index in [9.17, 15) is 4.79 Å². The van der Waals surface area contributed by atoms with Gasteiger partial charge in [-0.1, -0.05) is 0 Å². The lowest BCUT2D eigenvalue weighted by Gasteiger charge is -2.27. The molecule has 3 N–H and O–H groups in total. The average molecular weight is 169 g/mol. The molecule has 0 aromatic heterocycles. The first-order valence-corrected chi connectivity index (χ1v) is 4.61. The van der Waals surface area contributed by atoms with Crippen LogP contribution in [0.4, 0.5) is 0 Å². The predicted molar refractivity (Wildman–Crippen MR) is 45.8 cm³/mol. The first-order chi connectivity index (χ1) is 5.86. The third kappa shape index (κ3) is 1.59. The molecule has 0 aromatic carbocycles. The quantitative estimate of drug-likeness (QED) is 0.488. The molecular weight excluding hydrogens is 154 g/mol. The van der Waals surface area contributed by atoms with E-state index in [2.05, 4.69) is 16.0 Å². The molecular formula is C8H15N3O. The Labute approximate surface area is 72.1 Å². The van der Waals surface area contributed by atoms with Crippen LogP contribution in [-0.4, -0.2) is 37.6 Å². The highest BCUT2D eigenvalue weighted by molar-refractivity contribution is 5.82. The molecule has 2 aliphatic heterocycles. The van der Waals surface area contributed by atoms with E-state index in [0.717, 1.165) is 32.5 Å². The molecule has 2 rings (SSSR count).